The van der Waals surface area contributed by atoms with Gasteiger partial charge in [-0.15, -0.1) is 11.3 Å². The van der Waals surface area contributed by atoms with Gasteiger partial charge >= 0.3 is 0 Å². The molecule has 2 aromatic carbocycles. The van der Waals surface area contributed by atoms with Gasteiger partial charge in [0.15, 0.2) is 11.5 Å². The summed E-state index contributed by atoms with van der Waals surface area (Å²) >= 11 is 1.48. The Bertz CT molecular complexity index is 1040. The van der Waals surface area contributed by atoms with Crippen LogP contribution in [0.1, 0.15) is 20.8 Å². The van der Waals surface area contributed by atoms with E-state index in [1.165, 1.54) is 16.9 Å². The van der Waals surface area contributed by atoms with Crippen molar-refractivity contribution in [2.24, 2.45) is 0 Å². The Hall–Kier alpha value is -3.03. The highest BCUT2D eigenvalue weighted by molar-refractivity contribution is 7.12. The lowest BCUT2D eigenvalue weighted by Gasteiger charge is -2.34. The lowest BCUT2D eigenvalue weighted by molar-refractivity contribution is 0.0633. The number of piperazine rings is 1. The normalized spacial score (nSPS) is 15.8. The molecule has 0 bridgehead atoms. The van der Waals surface area contributed by atoms with Crippen LogP contribution in [0.4, 0.5) is 0 Å². The van der Waals surface area contributed by atoms with E-state index in [1.807, 2.05) is 40.6 Å². The fourth-order valence-electron chi connectivity index (χ4n) is 3.80. The predicted octanol–water partition coefficient (Wildman–Crippen LogP) is 4.01. The summed E-state index contributed by atoms with van der Waals surface area (Å²) in [5.41, 5.74) is 2.31. The highest BCUT2D eigenvalue weighted by Gasteiger charge is 2.23. The van der Waals surface area contributed by atoms with Gasteiger partial charge in [0.05, 0.1) is 4.88 Å². The van der Waals surface area contributed by atoms with Crippen LogP contribution in [0, 0.1) is 0 Å². The van der Waals surface area contributed by atoms with E-state index in [4.69, 9.17) is 14.2 Å². The molecular weight excluding hydrogens is 412 g/mol. The second kappa shape index (κ2) is 8.99. The minimum Gasteiger partial charge on any atom is -0.489 e. The average Bonchev–Trinajstić information content (AvgIpc) is 3.48. The van der Waals surface area contributed by atoms with E-state index in [-0.39, 0.29) is 12.7 Å². The Kier molecular flexibility index (Phi) is 5.78. The molecule has 1 saturated heterocycles. The maximum atomic E-state index is 12.9. The largest absolute Gasteiger partial charge is 0.489 e. The van der Waals surface area contributed by atoms with Crippen LogP contribution in [0.25, 0.3) is 0 Å². The van der Waals surface area contributed by atoms with Gasteiger partial charge in [-0.05, 0) is 29.1 Å². The Morgan fingerprint density at radius 3 is 2.58 bits per heavy atom. The number of ether oxygens (including phenoxy) is 3. The topological polar surface area (TPSA) is 51.2 Å². The number of thiophene rings is 1. The summed E-state index contributed by atoms with van der Waals surface area (Å²) in [5, 5.41) is 1.99. The second-order valence-electron chi connectivity index (χ2n) is 7.68. The fraction of sp³-hybridized carbons (Fsp3) is 0.292. The predicted molar refractivity (Wildman–Crippen MR) is 119 cm³/mol. The number of benzene rings is 2. The van der Waals surface area contributed by atoms with Crippen LogP contribution in [0.3, 0.4) is 0 Å². The van der Waals surface area contributed by atoms with Crippen molar-refractivity contribution in [1.29, 1.82) is 0 Å². The van der Waals surface area contributed by atoms with Crippen molar-refractivity contribution in [2.75, 3.05) is 33.0 Å². The third kappa shape index (κ3) is 4.68. The first-order valence-corrected chi connectivity index (χ1v) is 11.3. The summed E-state index contributed by atoms with van der Waals surface area (Å²) in [4.78, 5) is 18.0. The van der Waals surface area contributed by atoms with Crippen LogP contribution < -0.4 is 14.2 Å². The van der Waals surface area contributed by atoms with Gasteiger partial charge in [0.1, 0.15) is 12.4 Å². The number of carbonyl (C=O) groups excluding carboxylic acids is 1. The molecule has 0 aliphatic carbocycles. The van der Waals surface area contributed by atoms with E-state index in [2.05, 4.69) is 29.2 Å². The van der Waals surface area contributed by atoms with Gasteiger partial charge in [-0.25, -0.2) is 0 Å². The highest BCUT2D eigenvalue weighted by atomic mass is 32.1. The van der Waals surface area contributed by atoms with E-state index in [1.54, 1.807) is 0 Å². The first kappa shape index (κ1) is 19.9. The molecule has 0 spiro atoms. The van der Waals surface area contributed by atoms with Gasteiger partial charge in [0.25, 0.3) is 5.91 Å². The molecule has 0 radical (unpaired) electrons. The number of rotatable bonds is 6. The molecule has 6 nitrogen and oxygen atoms in total. The van der Waals surface area contributed by atoms with Crippen molar-refractivity contribution in [3.8, 4) is 17.2 Å². The lowest BCUT2D eigenvalue weighted by atomic mass is 10.2. The zero-order valence-electron chi connectivity index (χ0n) is 17.2. The van der Waals surface area contributed by atoms with Crippen molar-refractivity contribution in [2.45, 2.75) is 13.2 Å². The van der Waals surface area contributed by atoms with Gasteiger partial charge in [-0.2, -0.15) is 0 Å². The van der Waals surface area contributed by atoms with Gasteiger partial charge in [0, 0.05) is 44.4 Å². The summed E-state index contributed by atoms with van der Waals surface area (Å²) in [7, 11) is 0. The monoisotopic (exact) mass is 436 g/mol. The fourth-order valence-corrected chi connectivity index (χ4v) is 4.67. The molecule has 0 unspecified atom stereocenters. The first-order chi connectivity index (χ1) is 15.2. The first-order valence-electron chi connectivity index (χ1n) is 10.4. The molecule has 2 aliphatic heterocycles. The SMILES string of the molecule is O=C(c1cc(COc2ccc3c(c2)OCO3)cs1)N1CCN(Cc2ccccc2)CC1. The molecular formula is C24H24N2O4S. The Balaban J connectivity index is 1.12. The Morgan fingerprint density at radius 2 is 1.74 bits per heavy atom. The number of carbonyl (C=O) groups is 1. The van der Waals surface area contributed by atoms with Crippen LogP contribution in [0.15, 0.2) is 60.0 Å². The standard InChI is InChI=1S/C24H24N2O4S/c27-24(26-10-8-25(9-11-26)14-18-4-2-1-3-5-18)23-12-19(16-31-23)15-28-20-6-7-21-22(13-20)30-17-29-21/h1-7,12-13,16H,8-11,14-15,17H2. The maximum absolute atomic E-state index is 12.9. The number of nitrogens with zero attached hydrogens (tertiary/aromatic N) is 2. The van der Waals surface area contributed by atoms with Gasteiger partial charge < -0.3 is 19.1 Å². The van der Waals surface area contributed by atoms with E-state index in [0.717, 1.165) is 54.7 Å². The van der Waals surface area contributed by atoms with Crippen molar-refractivity contribution in [1.82, 2.24) is 9.80 Å². The summed E-state index contributed by atoms with van der Waals surface area (Å²) in [6, 6.07) is 18.0. The van der Waals surface area contributed by atoms with Gasteiger partial charge in [-0.1, -0.05) is 30.3 Å². The van der Waals surface area contributed by atoms with Crippen LogP contribution in [0.5, 0.6) is 17.2 Å². The molecule has 7 heteroatoms. The summed E-state index contributed by atoms with van der Waals surface area (Å²) in [6.07, 6.45) is 0. The number of fused-ring (bicyclic) bond motifs is 1. The number of amides is 1. The average molecular weight is 437 g/mol. The van der Waals surface area contributed by atoms with Crippen LogP contribution in [0.2, 0.25) is 0 Å². The zero-order chi connectivity index (χ0) is 21.0. The van der Waals surface area contributed by atoms with Crippen LogP contribution in [-0.2, 0) is 13.2 Å². The molecule has 0 N–H and O–H groups in total. The lowest BCUT2D eigenvalue weighted by Crippen LogP contribution is -2.48. The molecule has 160 valence electrons. The van der Waals surface area contributed by atoms with Gasteiger partial charge in [0.2, 0.25) is 6.79 Å². The molecule has 0 atom stereocenters. The Morgan fingerprint density at radius 1 is 0.935 bits per heavy atom. The van der Waals surface area contributed by atoms with E-state index >= 15 is 0 Å². The molecule has 0 saturated carbocycles. The van der Waals surface area contributed by atoms with Crippen molar-refractivity contribution < 1.29 is 19.0 Å². The molecule has 2 aliphatic rings. The van der Waals surface area contributed by atoms with Crippen molar-refractivity contribution >= 4 is 17.2 Å². The maximum Gasteiger partial charge on any atom is 0.264 e. The number of hydrogen-bond donors (Lipinski definition) is 0. The summed E-state index contributed by atoms with van der Waals surface area (Å²) in [6.45, 7) is 4.89. The minimum absolute atomic E-state index is 0.110. The molecule has 1 amide bonds. The van der Waals surface area contributed by atoms with Crippen LogP contribution >= 0.6 is 11.3 Å². The second-order valence-corrected chi connectivity index (χ2v) is 8.59. The van der Waals surface area contributed by atoms with E-state index < -0.39 is 0 Å². The zero-order valence-corrected chi connectivity index (χ0v) is 18.0. The van der Waals surface area contributed by atoms with Crippen molar-refractivity contribution in [3.05, 3.63) is 76.0 Å². The minimum atomic E-state index is 0.110. The number of hydrogen-bond acceptors (Lipinski definition) is 6. The third-order valence-electron chi connectivity index (χ3n) is 5.52. The smallest absolute Gasteiger partial charge is 0.264 e. The van der Waals surface area contributed by atoms with Crippen LogP contribution in [-0.4, -0.2) is 48.7 Å². The van der Waals surface area contributed by atoms with E-state index in [0.29, 0.717) is 12.4 Å². The molecule has 5 rings (SSSR count). The molecule has 3 aromatic rings. The molecule has 1 fully saturated rings. The molecule has 3 heterocycles. The molecule has 31 heavy (non-hydrogen) atoms. The Labute approximate surface area is 185 Å². The van der Waals surface area contributed by atoms with Gasteiger partial charge in [-0.3, -0.25) is 9.69 Å². The third-order valence-corrected chi connectivity index (χ3v) is 6.49. The van der Waals surface area contributed by atoms with Crippen molar-refractivity contribution in [3.63, 3.8) is 0 Å². The summed E-state index contributed by atoms with van der Waals surface area (Å²) in [5.74, 6) is 2.27. The quantitative estimate of drug-likeness (QED) is 0.584. The summed E-state index contributed by atoms with van der Waals surface area (Å²) < 4.78 is 16.6. The van der Waals surface area contributed by atoms with E-state index in [9.17, 15) is 4.79 Å². The molecule has 1 aromatic heterocycles. The highest BCUT2D eigenvalue weighted by Crippen LogP contribution is 2.35.